The van der Waals surface area contributed by atoms with Crippen molar-refractivity contribution in [2.24, 2.45) is 4.99 Å². The van der Waals surface area contributed by atoms with Gasteiger partial charge in [0.1, 0.15) is 11.4 Å². The molecule has 0 fully saturated rings. The Labute approximate surface area is 126 Å². The minimum absolute atomic E-state index is 0.710. The smallest absolute Gasteiger partial charge is 0.123 e. The first-order chi connectivity index (χ1) is 10.3. The van der Waals surface area contributed by atoms with Gasteiger partial charge in [0, 0.05) is 35.6 Å². The quantitative estimate of drug-likeness (QED) is 0.755. The van der Waals surface area contributed by atoms with Crippen LogP contribution in [0.25, 0.3) is 22.5 Å². The predicted octanol–water partition coefficient (Wildman–Crippen LogP) is 3.24. The van der Waals surface area contributed by atoms with Crippen LogP contribution in [0.4, 0.5) is 0 Å². The summed E-state index contributed by atoms with van der Waals surface area (Å²) < 4.78 is 0. The zero-order chi connectivity index (χ0) is 14.7. The van der Waals surface area contributed by atoms with Crippen molar-refractivity contribution in [3.05, 3.63) is 53.3 Å². The standard InChI is InChI=1S/C15H12ClN5/c1-17-9-14-15(20-21-19-14)11-4-7-13(18-8-11)10-2-5-12(16)6-3-10/h2-9H,1H3,(H,19,20,21)/b17-9+. The van der Waals surface area contributed by atoms with Gasteiger partial charge in [-0.25, -0.2) is 0 Å². The van der Waals surface area contributed by atoms with Crippen molar-refractivity contribution in [3.63, 3.8) is 0 Å². The van der Waals surface area contributed by atoms with Crippen molar-refractivity contribution < 1.29 is 0 Å². The summed E-state index contributed by atoms with van der Waals surface area (Å²) in [5.74, 6) is 0. The number of benzene rings is 1. The number of aliphatic imine (C=N–C) groups is 1. The Kier molecular flexibility index (Phi) is 3.75. The lowest BCUT2D eigenvalue weighted by Crippen LogP contribution is -1.89. The fourth-order valence-corrected chi connectivity index (χ4v) is 2.12. The first kappa shape index (κ1) is 13.5. The fraction of sp³-hybridized carbons (Fsp3) is 0.0667. The van der Waals surface area contributed by atoms with E-state index in [1.807, 2.05) is 36.4 Å². The molecule has 0 radical (unpaired) electrons. The topological polar surface area (TPSA) is 66.8 Å². The minimum atomic E-state index is 0.710. The number of aromatic amines is 1. The van der Waals surface area contributed by atoms with Gasteiger partial charge in [-0.05, 0) is 24.3 Å². The lowest BCUT2D eigenvalue weighted by molar-refractivity contribution is 0.939. The Morgan fingerprint density at radius 1 is 1.10 bits per heavy atom. The van der Waals surface area contributed by atoms with E-state index in [1.165, 1.54) is 0 Å². The van der Waals surface area contributed by atoms with Crippen molar-refractivity contribution in [1.82, 2.24) is 20.4 Å². The minimum Gasteiger partial charge on any atom is -0.294 e. The molecule has 21 heavy (non-hydrogen) atoms. The molecule has 0 saturated heterocycles. The van der Waals surface area contributed by atoms with Crippen LogP contribution in [0, 0.1) is 0 Å². The molecular formula is C15H12ClN5. The van der Waals surface area contributed by atoms with Crippen LogP contribution in [0.5, 0.6) is 0 Å². The molecule has 5 nitrogen and oxygen atoms in total. The molecule has 0 saturated carbocycles. The highest BCUT2D eigenvalue weighted by molar-refractivity contribution is 6.30. The summed E-state index contributed by atoms with van der Waals surface area (Å²) in [6, 6.07) is 11.5. The molecule has 1 aromatic carbocycles. The Bertz CT molecular complexity index is 760. The van der Waals surface area contributed by atoms with Gasteiger partial charge in [0.15, 0.2) is 0 Å². The van der Waals surface area contributed by atoms with Crippen molar-refractivity contribution in [1.29, 1.82) is 0 Å². The Morgan fingerprint density at radius 2 is 1.86 bits per heavy atom. The molecule has 0 aliphatic rings. The van der Waals surface area contributed by atoms with E-state index in [0.29, 0.717) is 5.02 Å². The highest BCUT2D eigenvalue weighted by Gasteiger charge is 2.09. The summed E-state index contributed by atoms with van der Waals surface area (Å²) in [7, 11) is 1.70. The number of aromatic nitrogens is 4. The van der Waals surface area contributed by atoms with Crippen LogP contribution in [0.15, 0.2) is 47.6 Å². The zero-order valence-corrected chi connectivity index (χ0v) is 12.0. The molecule has 6 heteroatoms. The SMILES string of the molecule is C/N=C/c1[nH]nnc1-c1ccc(-c2ccc(Cl)cc2)nc1. The van der Waals surface area contributed by atoms with Gasteiger partial charge in [-0.2, -0.15) is 0 Å². The number of rotatable bonds is 3. The summed E-state index contributed by atoms with van der Waals surface area (Å²) in [5.41, 5.74) is 4.27. The second-order valence-electron chi connectivity index (χ2n) is 4.40. The maximum atomic E-state index is 5.89. The Morgan fingerprint density at radius 3 is 2.52 bits per heavy atom. The number of H-pyrrole nitrogens is 1. The van der Waals surface area contributed by atoms with E-state index in [-0.39, 0.29) is 0 Å². The number of hydrogen-bond acceptors (Lipinski definition) is 4. The molecular weight excluding hydrogens is 286 g/mol. The molecule has 2 heterocycles. The van der Waals surface area contributed by atoms with Gasteiger partial charge in [0.2, 0.25) is 0 Å². The molecule has 0 unspecified atom stereocenters. The molecule has 0 spiro atoms. The molecule has 104 valence electrons. The fourth-order valence-electron chi connectivity index (χ4n) is 1.99. The van der Waals surface area contributed by atoms with E-state index < -0.39 is 0 Å². The van der Waals surface area contributed by atoms with Crippen LogP contribution in [-0.4, -0.2) is 33.7 Å². The summed E-state index contributed by atoms with van der Waals surface area (Å²) in [6.07, 6.45) is 3.46. The lowest BCUT2D eigenvalue weighted by Gasteiger charge is -2.02. The lowest BCUT2D eigenvalue weighted by atomic mass is 10.1. The first-order valence-corrected chi connectivity index (χ1v) is 6.71. The van der Waals surface area contributed by atoms with E-state index >= 15 is 0 Å². The number of nitrogens with zero attached hydrogens (tertiary/aromatic N) is 4. The predicted molar refractivity (Wildman–Crippen MR) is 83.6 cm³/mol. The molecule has 3 rings (SSSR count). The average Bonchev–Trinajstić information content (AvgIpc) is 2.97. The largest absolute Gasteiger partial charge is 0.294 e. The molecule has 0 atom stereocenters. The second kappa shape index (κ2) is 5.85. The van der Waals surface area contributed by atoms with E-state index in [0.717, 1.165) is 28.2 Å². The van der Waals surface area contributed by atoms with Gasteiger partial charge in [-0.1, -0.05) is 28.9 Å². The number of hydrogen-bond donors (Lipinski definition) is 1. The zero-order valence-electron chi connectivity index (χ0n) is 11.3. The maximum absolute atomic E-state index is 5.89. The van der Waals surface area contributed by atoms with Crippen LogP contribution in [0.1, 0.15) is 5.69 Å². The third-order valence-electron chi connectivity index (χ3n) is 3.01. The van der Waals surface area contributed by atoms with Gasteiger partial charge in [-0.15, -0.1) is 5.10 Å². The number of pyridine rings is 1. The van der Waals surface area contributed by atoms with Crippen LogP contribution in [-0.2, 0) is 0 Å². The van der Waals surface area contributed by atoms with E-state index in [4.69, 9.17) is 11.6 Å². The van der Waals surface area contributed by atoms with Crippen LogP contribution in [0.2, 0.25) is 5.02 Å². The monoisotopic (exact) mass is 297 g/mol. The van der Waals surface area contributed by atoms with E-state index in [2.05, 4.69) is 25.4 Å². The third-order valence-corrected chi connectivity index (χ3v) is 3.26. The van der Waals surface area contributed by atoms with Crippen LogP contribution >= 0.6 is 11.6 Å². The van der Waals surface area contributed by atoms with Crippen molar-refractivity contribution in [2.75, 3.05) is 7.05 Å². The van der Waals surface area contributed by atoms with E-state index in [9.17, 15) is 0 Å². The number of halogens is 1. The van der Waals surface area contributed by atoms with Crippen LogP contribution < -0.4 is 0 Å². The van der Waals surface area contributed by atoms with Gasteiger partial charge in [-0.3, -0.25) is 15.1 Å². The maximum Gasteiger partial charge on any atom is 0.123 e. The number of nitrogens with one attached hydrogen (secondary N) is 1. The summed E-state index contributed by atoms with van der Waals surface area (Å²) >= 11 is 5.89. The third kappa shape index (κ3) is 2.83. The van der Waals surface area contributed by atoms with Gasteiger partial charge in [0.25, 0.3) is 0 Å². The summed E-state index contributed by atoms with van der Waals surface area (Å²) in [4.78, 5) is 8.44. The summed E-state index contributed by atoms with van der Waals surface area (Å²) in [6.45, 7) is 0. The molecule has 0 bridgehead atoms. The average molecular weight is 298 g/mol. The van der Waals surface area contributed by atoms with Gasteiger partial charge >= 0.3 is 0 Å². The second-order valence-corrected chi connectivity index (χ2v) is 4.84. The highest BCUT2D eigenvalue weighted by atomic mass is 35.5. The first-order valence-electron chi connectivity index (χ1n) is 6.33. The molecule has 0 aliphatic carbocycles. The highest BCUT2D eigenvalue weighted by Crippen LogP contribution is 2.23. The van der Waals surface area contributed by atoms with Gasteiger partial charge in [0.05, 0.1) is 5.69 Å². The molecule has 2 aromatic heterocycles. The van der Waals surface area contributed by atoms with Gasteiger partial charge < -0.3 is 0 Å². The summed E-state index contributed by atoms with van der Waals surface area (Å²) in [5, 5.41) is 11.4. The van der Waals surface area contributed by atoms with Crippen LogP contribution in [0.3, 0.4) is 0 Å². The molecule has 3 aromatic rings. The van der Waals surface area contributed by atoms with Crippen molar-refractivity contribution in [3.8, 4) is 22.5 Å². The molecule has 1 N–H and O–H groups in total. The van der Waals surface area contributed by atoms with Crippen molar-refractivity contribution >= 4 is 17.8 Å². The Hall–Kier alpha value is -2.53. The normalized spacial score (nSPS) is 11.1. The van der Waals surface area contributed by atoms with Crippen molar-refractivity contribution in [2.45, 2.75) is 0 Å². The molecule has 0 aliphatic heterocycles. The van der Waals surface area contributed by atoms with E-state index in [1.54, 1.807) is 19.5 Å². The molecule has 0 amide bonds. The Balaban J connectivity index is 1.93.